The van der Waals surface area contributed by atoms with Crippen LogP contribution in [0.15, 0.2) is 47.1 Å². The molecule has 2 aromatic carbocycles. The molecule has 0 spiro atoms. The average Bonchev–Trinajstić information content (AvgIpc) is 3.05. The minimum atomic E-state index is -1.17. The Morgan fingerprint density at radius 1 is 1.20 bits per heavy atom. The van der Waals surface area contributed by atoms with E-state index in [1.165, 1.54) is 6.20 Å². The van der Waals surface area contributed by atoms with Crippen LogP contribution in [-0.4, -0.2) is 20.9 Å². The lowest BCUT2D eigenvalue weighted by Crippen LogP contribution is -2.16. The molecule has 0 bridgehead atoms. The topological polar surface area (TPSA) is 83.0 Å². The molecule has 0 aliphatic rings. The van der Waals surface area contributed by atoms with Gasteiger partial charge in [-0.05, 0) is 30.3 Å². The summed E-state index contributed by atoms with van der Waals surface area (Å²) in [6, 6.07) is 8.76. The van der Waals surface area contributed by atoms with E-state index >= 15 is 0 Å². The zero-order chi connectivity index (χ0) is 18.0. The van der Waals surface area contributed by atoms with E-state index in [1.807, 2.05) is 12.1 Å². The van der Waals surface area contributed by atoms with Gasteiger partial charge in [0.2, 0.25) is 0 Å². The van der Waals surface area contributed by atoms with Crippen molar-refractivity contribution in [3.05, 3.63) is 70.0 Å². The quantitative estimate of drug-likeness (QED) is 0.703. The molecule has 2 N–H and O–H groups in total. The van der Waals surface area contributed by atoms with E-state index in [0.717, 1.165) is 21.3 Å². The Morgan fingerprint density at radius 3 is 2.56 bits per heavy atom. The maximum atomic E-state index is 13.5. The lowest BCUT2D eigenvalue weighted by molar-refractivity contribution is 0.0999. The molecule has 3 rings (SSSR count). The number of aromatic nitrogens is 3. The Kier molecular flexibility index (Phi) is 4.75. The standard InChI is InChI=1S/C16H11BrF2N4O2/c17-9-1-3-11(4-2-9)25-8-10-7-23(22-21-10)15-6-14(19)13(18)5-12(15)16(20)24/h1-7H,8H2,(H2,20,24). The maximum absolute atomic E-state index is 13.5. The van der Waals surface area contributed by atoms with E-state index in [9.17, 15) is 13.6 Å². The fourth-order valence-corrected chi connectivity index (χ4v) is 2.36. The molecule has 1 amide bonds. The minimum absolute atomic E-state index is 0.00575. The summed E-state index contributed by atoms with van der Waals surface area (Å²) < 4.78 is 34.4. The number of ether oxygens (including phenoxy) is 1. The van der Waals surface area contributed by atoms with Crippen LogP contribution in [0, 0.1) is 11.6 Å². The van der Waals surface area contributed by atoms with E-state index in [4.69, 9.17) is 10.5 Å². The third-order valence-electron chi connectivity index (χ3n) is 3.29. The van der Waals surface area contributed by atoms with Gasteiger partial charge in [-0.25, -0.2) is 13.5 Å². The highest BCUT2D eigenvalue weighted by molar-refractivity contribution is 9.10. The van der Waals surface area contributed by atoms with Crippen molar-refractivity contribution in [2.24, 2.45) is 5.73 Å². The zero-order valence-electron chi connectivity index (χ0n) is 12.6. The first kappa shape index (κ1) is 17.0. The molecule has 0 radical (unpaired) electrons. The van der Waals surface area contributed by atoms with Crippen molar-refractivity contribution in [1.29, 1.82) is 0 Å². The number of carbonyl (C=O) groups is 1. The molecule has 6 nitrogen and oxygen atoms in total. The summed E-state index contributed by atoms with van der Waals surface area (Å²) in [5.41, 5.74) is 5.43. The highest BCUT2D eigenvalue weighted by atomic mass is 79.9. The predicted octanol–water partition coefficient (Wildman–Crippen LogP) is 2.99. The van der Waals surface area contributed by atoms with Gasteiger partial charge < -0.3 is 10.5 Å². The van der Waals surface area contributed by atoms with E-state index in [-0.39, 0.29) is 17.9 Å². The van der Waals surface area contributed by atoms with Crippen molar-refractivity contribution >= 4 is 21.8 Å². The Labute approximate surface area is 149 Å². The molecule has 3 aromatic rings. The van der Waals surface area contributed by atoms with E-state index in [2.05, 4.69) is 26.2 Å². The van der Waals surface area contributed by atoms with Crippen LogP contribution >= 0.6 is 15.9 Å². The van der Waals surface area contributed by atoms with Crippen LogP contribution in [0.2, 0.25) is 0 Å². The first-order valence-corrected chi connectivity index (χ1v) is 7.82. The molecule has 0 fully saturated rings. The smallest absolute Gasteiger partial charge is 0.251 e. The number of nitrogens with two attached hydrogens (primary N) is 1. The van der Waals surface area contributed by atoms with Crippen molar-refractivity contribution in [3.8, 4) is 11.4 Å². The number of benzene rings is 2. The van der Waals surface area contributed by atoms with Crippen molar-refractivity contribution in [2.75, 3.05) is 0 Å². The van der Waals surface area contributed by atoms with Gasteiger partial charge in [0, 0.05) is 10.5 Å². The Bertz CT molecular complexity index is 928. The first-order chi connectivity index (χ1) is 11.9. The number of primary amides is 1. The fraction of sp³-hybridized carbons (Fsp3) is 0.0625. The number of halogens is 3. The van der Waals surface area contributed by atoms with Gasteiger partial charge in [0.1, 0.15) is 18.1 Å². The molecule has 25 heavy (non-hydrogen) atoms. The van der Waals surface area contributed by atoms with E-state index < -0.39 is 17.5 Å². The number of nitrogens with zero attached hydrogens (tertiary/aromatic N) is 3. The number of carbonyl (C=O) groups excluding carboxylic acids is 1. The van der Waals surface area contributed by atoms with Gasteiger partial charge in [-0.15, -0.1) is 5.10 Å². The summed E-state index contributed by atoms with van der Waals surface area (Å²) in [5, 5.41) is 7.70. The van der Waals surface area contributed by atoms with Gasteiger partial charge in [0.05, 0.1) is 17.4 Å². The molecule has 0 aliphatic carbocycles. The average molecular weight is 409 g/mol. The molecule has 0 aliphatic heterocycles. The van der Waals surface area contributed by atoms with Gasteiger partial charge in [0.15, 0.2) is 11.6 Å². The SMILES string of the molecule is NC(=O)c1cc(F)c(F)cc1-n1cc(COc2ccc(Br)cc2)nn1. The molecular formula is C16H11BrF2N4O2. The summed E-state index contributed by atoms with van der Waals surface area (Å²) >= 11 is 3.32. The third-order valence-corrected chi connectivity index (χ3v) is 3.82. The molecule has 0 saturated carbocycles. The fourth-order valence-electron chi connectivity index (χ4n) is 2.09. The van der Waals surface area contributed by atoms with Gasteiger partial charge in [-0.2, -0.15) is 0 Å². The van der Waals surface area contributed by atoms with Crippen LogP contribution in [0.4, 0.5) is 8.78 Å². The lowest BCUT2D eigenvalue weighted by atomic mass is 10.1. The van der Waals surface area contributed by atoms with Crippen molar-refractivity contribution in [3.63, 3.8) is 0 Å². The summed E-state index contributed by atoms with van der Waals surface area (Å²) in [4.78, 5) is 11.4. The van der Waals surface area contributed by atoms with Gasteiger partial charge in [-0.1, -0.05) is 21.1 Å². The molecule has 128 valence electrons. The Morgan fingerprint density at radius 2 is 1.88 bits per heavy atom. The van der Waals surface area contributed by atoms with Crippen molar-refractivity contribution in [1.82, 2.24) is 15.0 Å². The van der Waals surface area contributed by atoms with Crippen molar-refractivity contribution < 1.29 is 18.3 Å². The lowest BCUT2D eigenvalue weighted by Gasteiger charge is -2.07. The predicted molar refractivity (Wildman–Crippen MR) is 88.3 cm³/mol. The summed E-state index contributed by atoms with van der Waals surface area (Å²) in [6.45, 7) is 0.108. The van der Waals surface area contributed by atoms with E-state index in [1.54, 1.807) is 12.1 Å². The summed E-state index contributed by atoms with van der Waals surface area (Å²) in [7, 11) is 0. The van der Waals surface area contributed by atoms with Crippen LogP contribution in [0.1, 0.15) is 16.1 Å². The normalized spacial score (nSPS) is 10.7. The van der Waals surface area contributed by atoms with Crippen LogP contribution in [0.5, 0.6) is 5.75 Å². The zero-order valence-corrected chi connectivity index (χ0v) is 14.2. The molecular weight excluding hydrogens is 398 g/mol. The molecule has 1 heterocycles. The maximum Gasteiger partial charge on any atom is 0.251 e. The second-order valence-corrected chi connectivity index (χ2v) is 5.96. The molecule has 0 unspecified atom stereocenters. The van der Waals surface area contributed by atoms with Crippen LogP contribution < -0.4 is 10.5 Å². The van der Waals surface area contributed by atoms with E-state index in [0.29, 0.717) is 11.4 Å². The first-order valence-electron chi connectivity index (χ1n) is 7.03. The largest absolute Gasteiger partial charge is 0.487 e. The Hall–Kier alpha value is -2.81. The minimum Gasteiger partial charge on any atom is -0.487 e. The van der Waals surface area contributed by atoms with Crippen LogP contribution in [0.25, 0.3) is 5.69 Å². The Balaban J connectivity index is 1.83. The second-order valence-electron chi connectivity index (χ2n) is 5.04. The number of hydrogen-bond acceptors (Lipinski definition) is 4. The van der Waals surface area contributed by atoms with Gasteiger partial charge >= 0.3 is 0 Å². The number of rotatable bonds is 5. The summed E-state index contributed by atoms with van der Waals surface area (Å²) in [6.07, 6.45) is 1.44. The molecule has 1 aromatic heterocycles. The molecule has 0 saturated heterocycles. The molecule has 9 heteroatoms. The van der Waals surface area contributed by atoms with Crippen LogP contribution in [-0.2, 0) is 6.61 Å². The van der Waals surface area contributed by atoms with Gasteiger partial charge in [0.25, 0.3) is 5.91 Å². The van der Waals surface area contributed by atoms with Crippen molar-refractivity contribution in [2.45, 2.75) is 6.61 Å². The summed E-state index contributed by atoms with van der Waals surface area (Å²) in [5.74, 6) is -2.57. The number of hydrogen-bond donors (Lipinski definition) is 1. The second kappa shape index (κ2) is 6.98. The van der Waals surface area contributed by atoms with Crippen LogP contribution in [0.3, 0.4) is 0 Å². The highest BCUT2D eigenvalue weighted by Gasteiger charge is 2.17. The molecule has 0 atom stereocenters. The monoisotopic (exact) mass is 408 g/mol. The van der Waals surface area contributed by atoms with Gasteiger partial charge in [-0.3, -0.25) is 4.79 Å². The highest BCUT2D eigenvalue weighted by Crippen LogP contribution is 2.20. The number of amides is 1. The third kappa shape index (κ3) is 3.82.